The molecule has 0 aliphatic heterocycles. The number of hydrogen-bond acceptors (Lipinski definition) is 1. The molecule has 0 fully saturated rings. The van der Waals surface area contributed by atoms with Gasteiger partial charge in [-0.25, -0.2) is 0 Å². The zero-order chi connectivity index (χ0) is 15.7. The first-order chi connectivity index (χ1) is 10.1. The van der Waals surface area contributed by atoms with Gasteiger partial charge in [-0.3, -0.25) is 0 Å². The van der Waals surface area contributed by atoms with Crippen molar-refractivity contribution >= 4 is 45.3 Å². The molecule has 4 heteroatoms. The second kappa shape index (κ2) is 10.3. The summed E-state index contributed by atoms with van der Waals surface area (Å²) < 4.78 is 5.59. The molecule has 0 spiro atoms. The van der Waals surface area contributed by atoms with Gasteiger partial charge in [-0.15, -0.1) is 0 Å². The summed E-state index contributed by atoms with van der Waals surface area (Å²) in [7, 11) is 0. The fraction of sp³-hybridized carbons (Fsp3) is 0.706. The average molecular weight is 437 g/mol. The second-order valence-corrected chi connectivity index (χ2v) is 19.9. The standard InChI is InChI=1S/C5H2Cl2N.3C4H9.Sn/c6-4-2-1-3-8-5(4)7;3*1-3-4-2;/h1-2H;3*1,3-4H2,2H3;. The first kappa shape index (κ1) is 19.6. The van der Waals surface area contributed by atoms with Crippen LogP contribution in [0.1, 0.15) is 59.3 Å². The summed E-state index contributed by atoms with van der Waals surface area (Å²) in [6.45, 7) is 6.87. The minimum atomic E-state index is -2.42. The molecule has 0 N–H and O–H groups in total. The van der Waals surface area contributed by atoms with Gasteiger partial charge in [0.25, 0.3) is 0 Å². The molecular weight excluding hydrogens is 408 g/mol. The van der Waals surface area contributed by atoms with Crippen molar-refractivity contribution in [2.45, 2.75) is 72.6 Å². The van der Waals surface area contributed by atoms with Gasteiger partial charge in [-0.2, -0.15) is 0 Å². The molecule has 1 aromatic heterocycles. The Morgan fingerprint density at radius 1 is 0.857 bits per heavy atom. The monoisotopic (exact) mass is 437 g/mol. The Bertz CT molecular complexity index is 401. The van der Waals surface area contributed by atoms with Gasteiger partial charge in [-0.05, 0) is 0 Å². The fourth-order valence-corrected chi connectivity index (χ4v) is 18.9. The Balaban J connectivity index is 3.12. The second-order valence-electron chi connectivity index (χ2n) is 6.06. The number of hydrogen-bond donors (Lipinski definition) is 0. The summed E-state index contributed by atoms with van der Waals surface area (Å²) in [4.78, 5) is 4.73. The van der Waals surface area contributed by atoms with E-state index in [0.29, 0.717) is 10.2 Å². The molecule has 1 heterocycles. The van der Waals surface area contributed by atoms with Crippen LogP contribution in [-0.2, 0) is 0 Å². The number of nitrogens with zero attached hydrogens (tertiary/aromatic N) is 1. The molecule has 1 rings (SSSR count). The summed E-state index contributed by atoms with van der Waals surface area (Å²) in [6, 6.07) is 4.15. The van der Waals surface area contributed by atoms with Gasteiger partial charge in [-0.1, -0.05) is 0 Å². The zero-order valence-electron chi connectivity index (χ0n) is 13.7. The SMILES string of the molecule is CCC[CH2][Sn]([CH2]CCC)([CH2]CCC)[c]1ccc(Cl)c(Cl)n1. The van der Waals surface area contributed by atoms with Gasteiger partial charge >= 0.3 is 145 Å². The van der Waals surface area contributed by atoms with E-state index in [1.54, 1.807) is 0 Å². The predicted molar refractivity (Wildman–Crippen MR) is 98.8 cm³/mol. The van der Waals surface area contributed by atoms with Gasteiger partial charge in [0, 0.05) is 0 Å². The number of rotatable bonds is 10. The van der Waals surface area contributed by atoms with Gasteiger partial charge in [0.05, 0.1) is 0 Å². The van der Waals surface area contributed by atoms with Crippen molar-refractivity contribution < 1.29 is 0 Å². The Kier molecular flexibility index (Phi) is 9.63. The summed E-state index contributed by atoms with van der Waals surface area (Å²) in [5.41, 5.74) is 0. The fourth-order valence-electron chi connectivity index (χ4n) is 3.02. The maximum absolute atomic E-state index is 6.21. The number of pyridine rings is 1. The molecule has 0 aliphatic rings. The summed E-state index contributed by atoms with van der Waals surface area (Å²) in [5, 5.41) is 1.09. The van der Waals surface area contributed by atoms with Crippen molar-refractivity contribution in [3.63, 3.8) is 0 Å². The van der Waals surface area contributed by atoms with Crippen LogP contribution in [-0.4, -0.2) is 23.4 Å². The third-order valence-corrected chi connectivity index (χ3v) is 20.2. The summed E-state index contributed by atoms with van der Waals surface area (Å²) >= 11 is 9.86. The first-order valence-corrected chi connectivity index (χ1v) is 16.7. The van der Waals surface area contributed by atoms with Crippen LogP contribution in [0.5, 0.6) is 0 Å². The van der Waals surface area contributed by atoms with Crippen LogP contribution in [0, 0.1) is 0 Å². The van der Waals surface area contributed by atoms with E-state index in [-0.39, 0.29) is 0 Å². The molecule has 0 bridgehead atoms. The van der Waals surface area contributed by atoms with E-state index >= 15 is 0 Å². The van der Waals surface area contributed by atoms with E-state index in [1.807, 2.05) is 6.07 Å². The molecule has 0 aromatic carbocycles. The van der Waals surface area contributed by atoms with Crippen LogP contribution in [0.4, 0.5) is 0 Å². The maximum atomic E-state index is 6.21. The van der Waals surface area contributed by atoms with E-state index in [0.717, 1.165) is 0 Å². The Morgan fingerprint density at radius 3 is 1.71 bits per heavy atom. The van der Waals surface area contributed by atoms with E-state index in [9.17, 15) is 0 Å². The topological polar surface area (TPSA) is 12.9 Å². The molecule has 0 amide bonds. The third-order valence-electron chi connectivity index (χ3n) is 4.37. The molecule has 0 saturated heterocycles. The molecule has 0 atom stereocenters. The van der Waals surface area contributed by atoms with Gasteiger partial charge in [0.15, 0.2) is 0 Å². The third kappa shape index (κ3) is 5.91. The predicted octanol–water partition coefficient (Wildman–Crippen LogP) is 6.44. The van der Waals surface area contributed by atoms with Crippen molar-refractivity contribution in [1.29, 1.82) is 0 Å². The van der Waals surface area contributed by atoms with Crippen molar-refractivity contribution in [2.24, 2.45) is 0 Å². The van der Waals surface area contributed by atoms with E-state index in [4.69, 9.17) is 28.2 Å². The quantitative estimate of drug-likeness (QED) is 0.303. The molecule has 21 heavy (non-hydrogen) atoms. The van der Waals surface area contributed by atoms with Crippen molar-refractivity contribution in [1.82, 2.24) is 4.98 Å². The Labute approximate surface area is 144 Å². The van der Waals surface area contributed by atoms with Gasteiger partial charge in [0.2, 0.25) is 0 Å². The average Bonchev–Trinajstić information content (AvgIpc) is 2.50. The van der Waals surface area contributed by atoms with Gasteiger partial charge in [0.1, 0.15) is 0 Å². The first-order valence-electron chi connectivity index (χ1n) is 8.42. The summed E-state index contributed by atoms with van der Waals surface area (Å²) in [6.07, 6.45) is 7.84. The van der Waals surface area contributed by atoms with E-state index in [2.05, 4.69) is 26.8 Å². The molecule has 0 unspecified atom stereocenters. The zero-order valence-corrected chi connectivity index (χ0v) is 18.1. The van der Waals surface area contributed by atoms with E-state index < -0.39 is 18.4 Å². The van der Waals surface area contributed by atoms with Crippen LogP contribution in [0.25, 0.3) is 0 Å². The molecular formula is C17H29Cl2NSn. The number of aromatic nitrogens is 1. The molecule has 1 aromatic rings. The van der Waals surface area contributed by atoms with Crippen LogP contribution in [0.2, 0.25) is 23.5 Å². The van der Waals surface area contributed by atoms with Crippen LogP contribution < -0.4 is 3.71 Å². The molecule has 120 valence electrons. The van der Waals surface area contributed by atoms with E-state index in [1.165, 1.54) is 55.5 Å². The minimum absolute atomic E-state index is 0.500. The van der Waals surface area contributed by atoms with Crippen molar-refractivity contribution in [3.05, 3.63) is 22.3 Å². The van der Waals surface area contributed by atoms with Crippen LogP contribution in [0.3, 0.4) is 0 Å². The molecule has 0 aliphatic carbocycles. The van der Waals surface area contributed by atoms with Gasteiger partial charge < -0.3 is 0 Å². The normalized spacial score (nSPS) is 11.9. The molecule has 0 radical (unpaired) electrons. The molecule has 1 nitrogen and oxygen atoms in total. The summed E-state index contributed by atoms with van der Waals surface area (Å²) in [5.74, 6) is 0. The van der Waals surface area contributed by atoms with Crippen molar-refractivity contribution in [3.8, 4) is 0 Å². The number of halogens is 2. The van der Waals surface area contributed by atoms with Crippen molar-refractivity contribution in [2.75, 3.05) is 0 Å². The molecule has 0 saturated carbocycles. The van der Waals surface area contributed by atoms with Crippen LogP contribution in [0.15, 0.2) is 12.1 Å². The Hall–Kier alpha value is 0.529. The number of unbranched alkanes of at least 4 members (excludes halogenated alkanes) is 3. The van der Waals surface area contributed by atoms with Crippen LogP contribution >= 0.6 is 23.2 Å². The Morgan fingerprint density at radius 2 is 1.33 bits per heavy atom.